The first-order valence-corrected chi connectivity index (χ1v) is 11.4. The molecule has 1 N–H and O–H groups in total. The summed E-state index contributed by atoms with van der Waals surface area (Å²) in [5, 5.41) is 3.95. The van der Waals surface area contributed by atoms with Crippen LogP contribution in [0, 0.1) is 6.92 Å². The third kappa shape index (κ3) is 4.52. The molecule has 0 radical (unpaired) electrons. The average Bonchev–Trinajstić information content (AvgIpc) is 3.19. The highest BCUT2D eigenvalue weighted by Gasteiger charge is 2.31. The molecule has 3 aromatic heterocycles. The van der Waals surface area contributed by atoms with Crippen LogP contribution in [0.25, 0.3) is 11.0 Å². The van der Waals surface area contributed by atoms with Gasteiger partial charge in [0, 0.05) is 36.2 Å². The molecule has 1 aliphatic rings. The SMILES string of the molecule is Cc1cc(CN2COCC(C)(C)c3ccc(C(=O)NCc4cc5ccccc5o4)nc32)ccn1.[HH]. The molecule has 0 atom stereocenters. The molecular weight excluding hydrogens is 428 g/mol. The molecule has 7 nitrogen and oxygen atoms in total. The lowest BCUT2D eigenvalue weighted by Gasteiger charge is -2.26. The van der Waals surface area contributed by atoms with E-state index < -0.39 is 0 Å². The molecular formula is C27H30N4O3. The van der Waals surface area contributed by atoms with Gasteiger partial charge in [-0.3, -0.25) is 9.78 Å². The maximum Gasteiger partial charge on any atom is 0.270 e. The van der Waals surface area contributed by atoms with Crippen molar-refractivity contribution in [1.29, 1.82) is 0 Å². The lowest BCUT2D eigenvalue weighted by Crippen LogP contribution is -2.28. The lowest BCUT2D eigenvalue weighted by molar-refractivity contribution is 0.0943. The molecule has 0 fully saturated rings. The van der Waals surface area contributed by atoms with Gasteiger partial charge in [0.1, 0.15) is 29.6 Å². The average molecular weight is 459 g/mol. The molecule has 0 aliphatic carbocycles. The Morgan fingerprint density at radius 3 is 2.85 bits per heavy atom. The van der Waals surface area contributed by atoms with Crippen molar-refractivity contribution in [2.75, 3.05) is 18.2 Å². The van der Waals surface area contributed by atoms with Gasteiger partial charge in [0.25, 0.3) is 5.91 Å². The fraction of sp³-hybridized carbons (Fsp3) is 0.296. The number of amides is 1. The molecule has 0 spiro atoms. The van der Waals surface area contributed by atoms with Crippen LogP contribution in [0.15, 0.2) is 65.2 Å². The number of fused-ring (bicyclic) bond motifs is 2. The third-order valence-electron chi connectivity index (χ3n) is 6.08. The Bertz CT molecular complexity index is 1320. The Balaban J connectivity index is 0.00000289. The Hall–Kier alpha value is -3.71. The van der Waals surface area contributed by atoms with Crippen LogP contribution in [0.2, 0.25) is 0 Å². The van der Waals surface area contributed by atoms with E-state index in [1.54, 1.807) is 6.07 Å². The first kappa shape index (κ1) is 22.1. The van der Waals surface area contributed by atoms with Crippen LogP contribution >= 0.6 is 0 Å². The number of aryl methyl sites for hydroxylation is 1. The standard InChI is InChI=1S/C27H28N4O3.H2/c1-18-12-19(10-11-28-18)15-31-17-33-16-27(2,3)22-8-9-23(30-25(22)31)26(32)29-14-21-13-20-6-4-5-7-24(20)34-21;/h4-13H,14-17H2,1-3H3,(H,29,32);1H. The molecule has 4 heterocycles. The van der Waals surface area contributed by atoms with Gasteiger partial charge in [-0.25, -0.2) is 4.98 Å². The monoisotopic (exact) mass is 458 g/mol. The van der Waals surface area contributed by atoms with E-state index in [4.69, 9.17) is 14.1 Å². The Morgan fingerprint density at radius 2 is 2.03 bits per heavy atom. The van der Waals surface area contributed by atoms with Gasteiger partial charge in [-0.2, -0.15) is 0 Å². The van der Waals surface area contributed by atoms with Crippen molar-refractivity contribution in [2.45, 2.75) is 39.3 Å². The number of furan rings is 1. The number of nitrogens with zero attached hydrogens (tertiary/aromatic N) is 3. The van der Waals surface area contributed by atoms with Crippen molar-refractivity contribution in [2.24, 2.45) is 0 Å². The minimum Gasteiger partial charge on any atom is -0.459 e. The van der Waals surface area contributed by atoms with E-state index in [0.717, 1.165) is 33.6 Å². The summed E-state index contributed by atoms with van der Waals surface area (Å²) in [5.74, 6) is 1.23. The highest BCUT2D eigenvalue weighted by Crippen LogP contribution is 2.35. The number of nitrogens with one attached hydrogen (secondary N) is 1. The van der Waals surface area contributed by atoms with Gasteiger partial charge in [-0.15, -0.1) is 0 Å². The van der Waals surface area contributed by atoms with Crippen molar-refractivity contribution >= 4 is 22.7 Å². The summed E-state index contributed by atoms with van der Waals surface area (Å²) in [6.45, 7) is 8.12. The molecule has 1 amide bonds. The van der Waals surface area contributed by atoms with Crippen LogP contribution in [0.5, 0.6) is 0 Å². The summed E-state index contributed by atoms with van der Waals surface area (Å²) >= 11 is 0. The maximum absolute atomic E-state index is 13.0. The second-order valence-corrected chi connectivity index (χ2v) is 9.37. The van der Waals surface area contributed by atoms with Gasteiger partial charge in [-0.1, -0.05) is 38.1 Å². The van der Waals surface area contributed by atoms with Crippen molar-refractivity contribution in [3.63, 3.8) is 0 Å². The summed E-state index contributed by atoms with van der Waals surface area (Å²) in [4.78, 5) is 24.2. The number of hydrogen-bond acceptors (Lipinski definition) is 6. The van der Waals surface area contributed by atoms with E-state index in [1.165, 1.54) is 0 Å². The van der Waals surface area contributed by atoms with Crippen LogP contribution in [0.1, 0.15) is 48.3 Å². The largest absolute Gasteiger partial charge is 0.459 e. The van der Waals surface area contributed by atoms with Crippen LogP contribution in [-0.2, 0) is 23.2 Å². The fourth-order valence-corrected chi connectivity index (χ4v) is 4.32. The molecule has 0 unspecified atom stereocenters. The van der Waals surface area contributed by atoms with Crippen molar-refractivity contribution in [3.8, 4) is 0 Å². The molecule has 0 bridgehead atoms. The van der Waals surface area contributed by atoms with Crippen molar-refractivity contribution in [1.82, 2.24) is 15.3 Å². The maximum atomic E-state index is 13.0. The van der Waals surface area contributed by atoms with Crippen LogP contribution in [-0.4, -0.2) is 29.2 Å². The van der Waals surface area contributed by atoms with Crippen LogP contribution in [0.4, 0.5) is 5.82 Å². The smallest absolute Gasteiger partial charge is 0.270 e. The van der Waals surface area contributed by atoms with Gasteiger partial charge < -0.3 is 19.4 Å². The molecule has 0 saturated heterocycles. The van der Waals surface area contributed by atoms with Gasteiger partial charge >= 0.3 is 0 Å². The molecule has 34 heavy (non-hydrogen) atoms. The highest BCUT2D eigenvalue weighted by atomic mass is 16.5. The van der Waals surface area contributed by atoms with Crippen molar-refractivity contribution < 1.29 is 15.4 Å². The zero-order valence-electron chi connectivity index (χ0n) is 19.7. The number of anilines is 1. The van der Waals surface area contributed by atoms with Gasteiger partial charge in [0.15, 0.2) is 0 Å². The number of aromatic nitrogens is 2. The number of carbonyl (C=O) groups excluding carboxylic acids is 1. The predicted octanol–water partition coefficient (Wildman–Crippen LogP) is 4.98. The molecule has 4 aromatic rings. The number of para-hydroxylation sites is 1. The lowest BCUT2D eigenvalue weighted by atomic mass is 9.85. The Morgan fingerprint density at radius 1 is 1.18 bits per heavy atom. The van der Waals surface area contributed by atoms with Gasteiger partial charge in [0.2, 0.25) is 0 Å². The number of rotatable bonds is 5. The topological polar surface area (TPSA) is 80.5 Å². The third-order valence-corrected chi connectivity index (χ3v) is 6.08. The Kier molecular flexibility index (Phi) is 5.79. The zero-order valence-corrected chi connectivity index (χ0v) is 19.7. The van der Waals surface area contributed by atoms with E-state index >= 15 is 0 Å². The summed E-state index contributed by atoms with van der Waals surface area (Å²) in [5.41, 5.74) is 4.07. The van der Waals surface area contributed by atoms with Gasteiger partial charge in [0.05, 0.1) is 13.2 Å². The second-order valence-electron chi connectivity index (χ2n) is 9.37. The first-order chi connectivity index (χ1) is 16.4. The number of hydrogen-bond donors (Lipinski definition) is 1. The molecule has 5 rings (SSSR count). The zero-order chi connectivity index (χ0) is 23.7. The quantitative estimate of drug-likeness (QED) is 0.454. The van der Waals surface area contributed by atoms with E-state index in [0.29, 0.717) is 37.9 Å². The van der Waals surface area contributed by atoms with E-state index in [1.807, 2.05) is 55.6 Å². The summed E-state index contributed by atoms with van der Waals surface area (Å²) in [7, 11) is 0. The molecule has 0 saturated carbocycles. The summed E-state index contributed by atoms with van der Waals surface area (Å²) < 4.78 is 11.8. The minimum atomic E-state index is -0.245. The van der Waals surface area contributed by atoms with E-state index in [2.05, 4.69) is 35.1 Å². The second kappa shape index (κ2) is 8.91. The van der Waals surface area contributed by atoms with Gasteiger partial charge in [-0.05, 0) is 42.8 Å². The first-order valence-electron chi connectivity index (χ1n) is 11.4. The highest BCUT2D eigenvalue weighted by molar-refractivity contribution is 5.93. The predicted molar refractivity (Wildman–Crippen MR) is 133 cm³/mol. The number of ether oxygens (including phenoxy) is 1. The van der Waals surface area contributed by atoms with E-state index in [-0.39, 0.29) is 12.7 Å². The normalized spacial score (nSPS) is 15.1. The number of pyridine rings is 2. The molecule has 176 valence electrons. The number of benzene rings is 1. The summed E-state index contributed by atoms with van der Waals surface area (Å²) in [6.07, 6.45) is 1.81. The minimum absolute atomic E-state index is 0. The number of carbonyl (C=O) groups is 1. The fourth-order valence-electron chi connectivity index (χ4n) is 4.32. The van der Waals surface area contributed by atoms with Crippen LogP contribution < -0.4 is 10.2 Å². The molecule has 1 aliphatic heterocycles. The van der Waals surface area contributed by atoms with E-state index in [9.17, 15) is 4.79 Å². The van der Waals surface area contributed by atoms with Crippen LogP contribution in [0.3, 0.4) is 0 Å². The summed E-state index contributed by atoms with van der Waals surface area (Å²) in [6, 6.07) is 17.6. The molecule has 7 heteroatoms. The van der Waals surface area contributed by atoms with Crippen molar-refractivity contribution in [3.05, 3.63) is 89.1 Å². The molecule has 1 aromatic carbocycles. The Labute approximate surface area is 200 Å².